The first-order valence-electron chi connectivity index (χ1n) is 8.16. The third-order valence-corrected chi connectivity index (χ3v) is 4.63. The second-order valence-corrected chi connectivity index (χ2v) is 7.22. The molecule has 1 N–H and O–H groups in total. The average Bonchev–Trinajstić information content (AvgIpc) is 2.90. The van der Waals surface area contributed by atoms with Gasteiger partial charge < -0.3 is 5.11 Å². The summed E-state index contributed by atoms with van der Waals surface area (Å²) in [6.45, 7) is 9.61. The van der Waals surface area contributed by atoms with Gasteiger partial charge in [-0.3, -0.25) is 4.90 Å². The predicted octanol–water partition coefficient (Wildman–Crippen LogP) is 2.61. The van der Waals surface area contributed by atoms with Crippen molar-refractivity contribution in [3.8, 4) is 0 Å². The summed E-state index contributed by atoms with van der Waals surface area (Å²) in [5, 5.41) is 15.1. The van der Waals surface area contributed by atoms with Gasteiger partial charge in [0.15, 0.2) is 5.65 Å². The summed E-state index contributed by atoms with van der Waals surface area (Å²) in [6.07, 6.45) is 6.13. The highest BCUT2D eigenvalue weighted by atomic mass is 16.3. The standard InChI is InChI=1S/C17H26N4O/c1-13(2)21-16-15(9-19-21)7-14(8-18-16)10-20-6-4-5-17(3,11-20)12-22/h7-9,13,22H,4-6,10-12H2,1-3H3. The van der Waals surface area contributed by atoms with E-state index in [1.165, 1.54) is 5.56 Å². The summed E-state index contributed by atoms with van der Waals surface area (Å²) >= 11 is 0. The van der Waals surface area contributed by atoms with Crippen LogP contribution in [0.1, 0.15) is 45.2 Å². The molecule has 1 aliphatic rings. The first-order valence-corrected chi connectivity index (χ1v) is 8.16. The maximum Gasteiger partial charge on any atom is 0.157 e. The first kappa shape index (κ1) is 15.4. The van der Waals surface area contributed by atoms with Crippen LogP contribution >= 0.6 is 0 Å². The van der Waals surface area contributed by atoms with E-state index in [-0.39, 0.29) is 12.0 Å². The Morgan fingerprint density at radius 2 is 2.18 bits per heavy atom. The highest BCUT2D eigenvalue weighted by molar-refractivity contribution is 5.75. The molecular formula is C17H26N4O. The molecule has 5 heteroatoms. The van der Waals surface area contributed by atoms with E-state index >= 15 is 0 Å². The van der Waals surface area contributed by atoms with Crippen molar-refractivity contribution < 1.29 is 5.11 Å². The van der Waals surface area contributed by atoms with Gasteiger partial charge in [-0.1, -0.05) is 6.92 Å². The van der Waals surface area contributed by atoms with Gasteiger partial charge in [0.1, 0.15) is 0 Å². The zero-order valence-electron chi connectivity index (χ0n) is 13.8. The van der Waals surface area contributed by atoms with E-state index in [4.69, 9.17) is 0 Å². The Balaban J connectivity index is 1.77. The molecule has 0 amide bonds. The predicted molar refractivity (Wildman–Crippen MR) is 87.6 cm³/mol. The molecule has 0 saturated carbocycles. The molecule has 1 unspecified atom stereocenters. The largest absolute Gasteiger partial charge is 0.396 e. The summed E-state index contributed by atoms with van der Waals surface area (Å²) in [5.74, 6) is 0. The topological polar surface area (TPSA) is 54.2 Å². The molecule has 5 nitrogen and oxygen atoms in total. The quantitative estimate of drug-likeness (QED) is 0.943. The minimum Gasteiger partial charge on any atom is -0.396 e. The molecule has 0 aromatic carbocycles. The molecule has 0 radical (unpaired) electrons. The molecule has 1 fully saturated rings. The number of aromatic nitrogens is 3. The van der Waals surface area contributed by atoms with Crippen LogP contribution in [-0.2, 0) is 6.54 Å². The summed E-state index contributed by atoms with van der Waals surface area (Å²) in [7, 11) is 0. The maximum absolute atomic E-state index is 9.58. The molecule has 1 aliphatic heterocycles. The Morgan fingerprint density at radius 3 is 2.91 bits per heavy atom. The SMILES string of the molecule is CC(C)n1ncc2cc(CN3CCCC(C)(CO)C3)cnc21. The zero-order valence-corrected chi connectivity index (χ0v) is 13.8. The molecular weight excluding hydrogens is 276 g/mol. The minimum absolute atomic E-state index is 0.0400. The fraction of sp³-hybridized carbons (Fsp3) is 0.647. The first-order chi connectivity index (χ1) is 10.5. The smallest absolute Gasteiger partial charge is 0.157 e. The van der Waals surface area contributed by atoms with Crippen LogP contribution in [0, 0.1) is 5.41 Å². The van der Waals surface area contributed by atoms with E-state index in [1.807, 2.05) is 17.1 Å². The van der Waals surface area contributed by atoms with Crippen LogP contribution in [0.15, 0.2) is 18.5 Å². The number of fused-ring (bicyclic) bond motifs is 1. The zero-order chi connectivity index (χ0) is 15.7. The minimum atomic E-state index is 0.0400. The van der Waals surface area contributed by atoms with Gasteiger partial charge in [0.05, 0.1) is 6.20 Å². The Labute approximate surface area is 132 Å². The van der Waals surface area contributed by atoms with Crippen LogP contribution in [0.25, 0.3) is 11.0 Å². The molecule has 120 valence electrons. The number of hydrogen-bond acceptors (Lipinski definition) is 4. The van der Waals surface area contributed by atoms with E-state index in [0.29, 0.717) is 6.04 Å². The number of rotatable bonds is 4. The van der Waals surface area contributed by atoms with Gasteiger partial charge in [-0.2, -0.15) is 5.10 Å². The highest BCUT2D eigenvalue weighted by Crippen LogP contribution is 2.29. The number of likely N-dealkylation sites (tertiary alicyclic amines) is 1. The monoisotopic (exact) mass is 302 g/mol. The van der Waals surface area contributed by atoms with E-state index in [9.17, 15) is 5.11 Å². The van der Waals surface area contributed by atoms with Crippen molar-refractivity contribution in [2.24, 2.45) is 5.41 Å². The molecule has 2 aromatic rings. The van der Waals surface area contributed by atoms with Crippen molar-refractivity contribution >= 4 is 11.0 Å². The fourth-order valence-corrected chi connectivity index (χ4v) is 3.40. The van der Waals surface area contributed by atoms with Crippen molar-refractivity contribution in [3.05, 3.63) is 24.0 Å². The molecule has 2 aromatic heterocycles. The molecule has 1 saturated heterocycles. The Kier molecular flexibility index (Phi) is 4.19. The number of pyridine rings is 1. The number of hydrogen-bond donors (Lipinski definition) is 1. The summed E-state index contributed by atoms with van der Waals surface area (Å²) in [4.78, 5) is 7.03. The van der Waals surface area contributed by atoms with Crippen molar-refractivity contribution in [1.29, 1.82) is 0 Å². The number of piperidine rings is 1. The van der Waals surface area contributed by atoms with Crippen LogP contribution in [0.5, 0.6) is 0 Å². The number of aliphatic hydroxyl groups excluding tert-OH is 1. The lowest BCUT2D eigenvalue weighted by Crippen LogP contribution is -2.43. The Morgan fingerprint density at radius 1 is 1.36 bits per heavy atom. The lowest BCUT2D eigenvalue weighted by Gasteiger charge is -2.39. The molecule has 3 rings (SSSR count). The van der Waals surface area contributed by atoms with Gasteiger partial charge in [0.25, 0.3) is 0 Å². The van der Waals surface area contributed by atoms with E-state index in [2.05, 4.69) is 41.8 Å². The van der Waals surface area contributed by atoms with Crippen LogP contribution in [0.4, 0.5) is 0 Å². The van der Waals surface area contributed by atoms with Crippen molar-refractivity contribution in [2.45, 2.75) is 46.2 Å². The Hall–Kier alpha value is -1.46. The van der Waals surface area contributed by atoms with Gasteiger partial charge in [0, 0.05) is 42.7 Å². The Bertz CT molecular complexity index is 651. The van der Waals surface area contributed by atoms with Gasteiger partial charge in [0.2, 0.25) is 0 Å². The molecule has 1 atom stereocenters. The number of nitrogens with zero attached hydrogens (tertiary/aromatic N) is 4. The second kappa shape index (κ2) is 5.97. The third-order valence-electron chi connectivity index (χ3n) is 4.63. The van der Waals surface area contributed by atoms with Crippen LogP contribution in [-0.4, -0.2) is 44.5 Å². The lowest BCUT2D eigenvalue weighted by atomic mass is 9.83. The van der Waals surface area contributed by atoms with E-state index in [1.54, 1.807) is 0 Å². The van der Waals surface area contributed by atoms with Crippen LogP contribution < -0.4 is 0 Å². The number of aliphatic hydroxyl groups is 1. The molecule has 22 heavy (non-hydrogen) atoms. The molecule has 3 heterocycles. The van der Waals surface area contributed by atoms with Crippen molar-refractivity contribution in [3.63, 3.8) is 0 Å². The van der Waals surface area contributed by atoms with Crippen LogP contribution in [0.3, 0.4) is 0 Å². The van der Waals surface area contributed by atoms with Crippen molar-refractivity contribution in [1.82, 2.24) is 19.7 Å². The van der Waals surface area contributed by atoms with Gasteiger partial charge in [-0.05, 0) is 44.9 Å². The molecule has 0 aliphatic carbocycles. The normalized spacial score (nSPS) is 23.5. The summed E-state index contributed by atoms with van der Waals surface area (Å²) in [5.41, 5.74) is 2.22. The van der Waals surface area contributed by atoms with E-state index in [0.717, 1.165) is 43.5 Å². The summed E-state index contributed by atoms with van der Waals surface area (Å²) in [6, 6.07) is 2.52. The highest BCUT2D eigenvalue weighted by Gasteiger charge is 2.30. The average molecular weight is 302 g/mol. The van der Waals surface area contributed by atoms with Gasteiger partial charge in [-0.15, -0.1) is 0 Å². The second-order valence-electron chi connectivity index (χ2n) is 7.22. The molecule has 0 spiro atoms. The lowest BCUT2D eigenvalue weighted by molar-refractivity contribution is 0.0429. The van der Waals surface area contributed by atoms with Crippen molar-refractivity contribution in [2.75, 3.05) is 19.7 Å². The fourth-order valence-electron chi connectivity index (χ4n) is 3.40. The van der Waals surface area contributed by atoms with Gasteiger partial charge >= 0.3 is 0 Å². The van der Waals surface area contributed by atoms with E-state index < -0.39 is 0 Å². The van der Waals surface area contributed by atoms with Crippen LogP contribution in [0.2, 0.25) is 0 Å². The third kappa shape index (κ3) is 3.01. The van der Waals surface area contributed by atoms with Gasteiger partial charge in [-0.25, -0.2) is 9.67 Å². The maximum atomic E-state index is 9.58. The molecule has 0 bridgehead atoms. The summed E-state index contributed by atoms with van der Waals surface area (Å²) < 4.78 is 1.96.